The van der Waals surface area contributed by atoms with Crippen LogP contribution in [0.15, 0.2) is 60.7 Å². The number of quaternary nitrogens is 2. The SMILES string of the molecule is [NH3+]c1ccccc1.[NH3+]c1ccccc1.[O-]B([O-])O. The molecule has 96 valence electrons. The van der Waals surface area contributed by atoms with Gasteiger partial charge in [0, 0.05) is 0 Å². The Kier molecular flexibility index (Phi) is 9.47. The molecule has 0 bridgehead atoms. The van der Waals surface area contributed by atoms with Crippen LogP contribution in [0.3, 0.4) is 0 Å². The van der Waals surface area contributed by atoms with Gasteiger partial charge in [0.05, 0.1) is 7.32 Å². The Morgan fingerprint density at radius 2 is 0.944 bits per heavy atom. The van der Waals surface area contributed by atoms with Crippen LogP contribution in [0.1, 0.15) is 0 Å². The summed E-state index contributed by atoms with van der Waals surface area (Å²) in [4.78, 5) is 0. The predicted molar refractivity (Wildman–Crippen MR) is 66.0 cm³/mol. The second kappa shape index (κ2) is 10.5. The Balaban J connectivity index is 0.000000253. The fraction of sp³-hybridized carbons (Fsp3) is 0. The summed E-state index contributed by atoms with van der Waals surface area (Å²) in [5.41, 5.74) is 9.58. The van der Waals surface area contributed by atoms with Gasteiger partial charge in [-0.05, 0) is 24.3 Å². The third-order valence-electron chi connectivity index (χ3n) is 1.69. The highest BCUT2D eigenvalue weighted by Crippen LogP contribution is 1.93. The number of hydrogen-bond donors (Lipinski definition) is 3. The standard InChI is InChI=1S/2C6H7N.BHO3/c2*7-6-4-2-1-3-5-6;2-1(3)4/h2*1-5H,7H2;2H/q;;-2/p+2. The zero-order valence-electron chi connectivity index (χ0n) is 10.0. The summed E-state index contributed by atoms with van der Waals surface area (Å²) >= 11 is 0. The lowest BCUT2D eigenvalue weighted by molar-refractivity contribution is -0.376. The first kappa shape index (κ1) is 16.3. The van der Waals surface area contributed by atoms with Crippen LogP contribution >= 0.6 is 0 Å². The molecule has 0 heterocycles. The molecular weight excluding hydrogens is 231 g/mol. The fourth-order valence-corrected chi connectivity index (χ4v) is 0.956. The van der Waals surface area contributed by atoms with Gasteiger partial charge in [0.15, 0.2) is 0 Å². The van der Waals surface area contributed by atoms with E-state index in [-0.39, 0.29) is 0 Å². The van der Waals surface area contributed by atoms with E-state index < -0.39 is 7.32 Å². The monoisotopic (exact) mass is 248 g/mol. The summed E-state index contributed by atoms with van der Waals surface area (Å²) in [5.74, 6) is 0. The number of rotatable bonds is 0. The molecule has 2 aromatic rings. The van der Waals surface area contributed by atoms with E-state index >= 15 is 0 Å². The van der Waals surface area contributed by atoms with Gasteiger partial charge >= 0.3 is 0 Å². The quantitative estimate of drug-likeness (QED) is 0.459. The highest BCUT2D eigenvalue weighted by atomic mass is 16.5. The van der Waals surface area contributed by atoms with Gasteiger partial charge in [0.1, 0.15) is 11.4 Å². The molecule has 7 N–H and O–H groups in total. The molecule has 6 heteroatoms. The van der Waals surface area contributed by atoms with Crippen LogP contribution in [0.4, 0.5) is 11.4 Å². The molecule has 0 fully saturated rings. The molecule has 0 aliphatic rings. The van der Waals surface area contributed by atoms with Crippen molar-refractivity contribution in [2.24, 2.45) is 0 Å². The molecule has 18 heavy (non-hydrogen) atoms. The highest BCUT2D eigenvalue weighted by molar-refractivity contribution is 6.26. The highest BCUT2D eigenvalue weighted by Gasteiger charge is 1.77. The predicted octanol–water partition coefficient (Wildman–Crippen LogP) is -2.20. The van der Waals surface area contributed by atoms with Crippen molar-refractivity contribution >= 4 is 18.7 Å². The van der Waals surface area contributed by atoms with Crippen molar-refractivity contribution in [3.05, 3.63) is 60.7 Å². The third kappa shape index (κ3) is 12.4. The maximum Gasteiger partial charge on any atom is 0.127 e. The lowest BCUT2D eigenvalue weighted by atomic mass is 10.3. The molecule has 0 spiro atoms. The molecule has 0 aromatic heterocycles. The van der Waals surface area contributed by atoms with Crippen molar-refractivity contribution in [3.8, 4) is 0 Å². The van der Waals surface area contributed by atoms with Crippen LogP contribution < -0.4 is 21.5 Å². The first-order chi connectivity index (χ1) is 8.52. The van der Waals surface area contributed by atoms with Gasteiger partial charge < -0.3 is 26.5 Å². The van der Waals surface area contributed by atoms with E-state index in [0.717, 1.165) is 11.4 Å². The van der Waals surface area contributed by atoms with Gasteiger partial charge in [0.2, 0.25) is 0 Å². The second-order valence-electron chi connectivity index (χ2n) is 3.28. The van der Waals surface area contributed by atoms with Gasteiger partial charge in [-0.25, -0.2) is 0 Å². The zero-order valence-corrected chi connectivity index (χ0v) is 10.0. The van der Waals surface area contributed by atoms with E-state index in [9.17, 15) is 0 Å². The van der Waals surface area contributed by atoms with Crippen LogP contribution in [0.2, 0.25) is 0 Å². The van der Waals surface area contributed by atoms with Crippen molar-refractivity contribution in [3.63, 3.8) is 0 Å². The molecule has 5 nitrogen and oxygen atoms in total. The van der Waals surface area contributed by atoms with Gasteiger partial charge in [0.25, 0.3) is 0 Å². The van der Waals surface area contributed by atoms with Crippen LogP contribution in [-0.4, -0.2) is 12.3 Å². The molecule has 0 aliphatic carbocycles. The molecule has 0 unspecified atom stereocenters. The minimum Gasteiger partial charge on any atom is -0.871 e. The molecule has 0 saturated carbocycles. The smallest absolute Gasteiger partial charge is 0.127 e. The maximum atomic E-state index is 8.53. The van der Waals surface area contributed by atoms with Gasteiger partial charge in [-0.2, -0.15) is 0 Å². The Bertz CT molecular complexity index is 358. The zero-order chi connectivity index (χ0) is 13.8. The minimum atomic E-state index is -2.67. The van der Waals surface area contributed by atoms with E-state index in [1.807, 2.05) is 60.7 Å². The molecule has 2 aromatic carbocycles. The first-order valence-corrected chi connectivity index (χ1v) is 5.26. The van der Waals surface area contributed by atoms with Gasteiger partial charge in [-0.15, -0.1) is 0 Å². The summed E-state index contributed by atoms with van der Waals surface area (Å²) in [6.45, 7) is 0. The minimum absolute atomic E-state index is 1.07. The van der Waals surface area contributed by atoms with Crippen molar-refractivity contribution in [1.29, 1.82) is 0 Å². The maximum absolute atomic E-state index is 8.53. The van der Waals surface area contributed by atoms with Crippen molar-refractivity contribution in [2.75, 3.05) is 0 Å². The van der Waals surface area contributed by atoms with Crippen LogP contribution in [0.25, 0.3) is 0 Å². The van der Waals surface area contributed by atoms with Crippen LogP contribution in [-0.2, 0) is 0 Å². The lowest BCUT2D eigenvalue weighted by Crippen LogP contribution is -2.44. The average Bonchev–Trinajstić information content (AvgIpc) is 2.31. The summed E-state index contributed by atoms with van der Waals surface area (Å²) in [7, 11) is -2.67. The molecule has 2 rings (SSSR count). The molecule has 0 saturated heterocycles. The lowest BCUT2D eigenvalue weighted by Gasteiger charge is -2.13. The third-order valence-corrected chi connectivity index (χ3v) is 1.69. The average molecular weight is 248 g/mol. The summed E-state index contributed by atoms with van der Waals surface area (Å²) < 4.78 is 0. The molecular formula is C12H17BN2O3. The van der Waals surface area contributed by atoms with E-state index in [1.54, 1.807) is 0 Å². The summed E-state index contributed by atoms with van der Waals surface area (Å²) in [5, 5.41) is 24.0. The number of hydrogen-bond acceptors (Lipinski definition) is 3. The van der Waals surface area contributed by atoms with E-state index in [0.29, 0.717) is 0 Å². The fourth-order valence-electron chi connectivity index (χ4n) is 0.956. The van der Waals surface area contributed by atoms with Crippen molar-refractivity contribution in [1.82, 2.24) is 0 Å². The molecule has 0 atom stereocenters. The van der Waals surface area contributed by atoms with E-state index in [2.05, 4.69) is 11.5 Å². The Morgan fingerprint density at radius 1 is 0.722 bits per heavy atom. The largest absolute Gasteiger partial charge is 0.871 e. The van der Waals surface area contributed by atoms with Gasteiger partial charge in [-0.3, -0.25) is 0 Å². The van der Waals surface area contributed by atoms with Crippen LogP contribution in [0, 0.1) is 0 Å². The molecule has 0 aliphatic heterocycles. The summed E-state index contributed by atoms with van der Waals surface area (Å²) in [6, 6.07) is 19.7. The molecule has 0 radical (unpaired) electrons. The Morgan fingerprint density at radius 3 is 1.06 bits per heavy atom. The van der Waals surface area contributed by atoms with Gasteiger partial charge in [-0.1, -0.05) is 36.4 Å². The first-order valence-electron chi connectivity index (χ1n) is 5.26. The Labute approximate surface area is 106 Å². The van der Waals surface area contributed by atoms with Crippen molar-refractivity contribution < 1.29 is 26.5 Å². The van der Waals surface area contributed by atoms with E-state index in [4.69, 9.17) is 15.1 Å². The second-order valence-corrected chi connectivity index (χ2v) is 3.28. The Hall–Kier alpha value is -1.70. The normalized spacial score (nSPS) is 8.28. The van der Waals surface area contributed by atoms with Crippen LogP contribution in [0.5, 0.6) is 0 Å². The topological polar surface area (TPSA) is 122 Å². The summed E-state index contributed by atoms with van der Waals surface area (Å²) in [6.07, 6.45) is 0. The van der Waals surface area contributed by atoms with E-state index in [1.165, 1.54) is 0 Å². The molecule has 0 amide bonds. The number of benzene rings is 2. The van der Waals surface area contributed by atoms with Crippen molar-refractivity contribution in [2.45, 2.75) is 0 Å².